The zero-order valence-corrected chi connectivity index (χ0v) is 19.7. The second kappa shape index (κ2) is 13.3. The number of piperidine rings is 1. The van der Waals surface area contributed by atoms with Gasteiger partial charge < -0.3 is 19.9 Å². The van der Waals surface area contributed by atoms with E-state index in [9.17, 15) is 0 Å². The third kappa shape index (κ3) is 8.35. The predicted molar refractivity (Wildman–Crippen MR) is 125 cm³/mol. The molecular formula is C21H37IN4O. The van der Waals surface area contributed by atoms with Gasteiger partial charge in [0.05, 0.1) is 6.61 Å². The van der Waals surface area contributed by atoms with Crippen molar-refractivity contribution in [3.8, 4) is 0 Å². The molecule has 0 bridgehead atoms. The van der Waals surface area contributed by atoms with Gasteiger partial charge in [0.25, 0.3) is 0 Å². The summed E-state index contributed by atoms with van der Waals surface area (Å²) >= 11 is 0. The first-order valence-corrected chi connectivity index (χ1v) is 9.87. The Labute approximate surface area is 182 Å². The standard InChI is InChI=1S/C21H36N4O.HI/c1-5-18-6-8-20(9-7-18)17-24(3)21(22-2)23-16-19-10-12-25(13-11-19)14-15-26-4;/h6-9,19H,5,10-17H2,1-4H3,(H,22,23);1H. The Bertz CT molecular complexity index is 542. The summed E-state index contributed by atoms with van der Waals surface area (Å²) in [7, 11) is 5.75. The minimum absolute atomic E-state index is 0. The van der Waals surface area contributed by atoms with E-state index in [0.717, 1.165) is 44.5 Å². The number of benzene rings is 1. The van der Waals surface area contributed by atoms with E-state index in [1.54, 1.807) is 7.11 Å². The smallest absolute Gasteiger partial charge is 0.193 e. The number of nitrogens with zero attached hydrogens (tertiary/aromatic N) is 3. The molecule has 1 aliphatic heterocycles. The number of likely N-dealkylation sites (tertiary alicyclic amines) is 1. The molecule has 6 heteroatoms. The molecule has 0 radical (unpaired) electrons. The number of hydrogen-bond acceptors (Lipinski definition) is 3. The van der Waals surface area contributed by atoms with E-state index >= 15 is 0 Å². The van der Waals surface area contributed by atoms with Crippen LogP contribution < -0.4 is 5.32 Å². The first-order chi connectivity index (χ1) is 12.7. The molecule has 1 aromatic carbocycles. The summed E-state index contributed by atoms with van der Waals surface area (Å²) in [5.41, 5.74) is 2.70. The molecule has 2 rings (SSSR count). The number of guanidine groups is 1. The fraction of sp³-hybridized carbons (Fsp3) is 0.667. The molecule has 0 unspecified atom stereocenters. The summed E-state index contributed by atoms with van der Waals surface area (Å²) in [6.07, 6.45) is 3.58. The van der Waals surface area contributed by atoms with Crippen LogP contribution in [0.5, 0.6) is 0 Å². The average Bonchev–Trinajstić information content (AvgIpc) is 2.68. The van der Waals surface area contributed by atoms with Crippen molar-refractivity contribution in [3.63, 3.8) is 0 Å². The molecule has 1 fully saturated rings. The second-order valence-electron chi connectivity index (χ2n) is 7.23. The summed E-state index contributed by atoms with van der Waals surface area (Å²) in [6, 6.07) is 8.88. The van der Waals surface area contributed by atoms with Crippen molar-refractivity contribution in [2.75, 3.05) is 54.0 Å². The van der Waals surface area contributed by atoms with Gasteiger partial charge in [-0.05, 0) is 49.4 Å². The lowest BCUT2D eigenvalue weighted by Crippen LogP contribution is -2.43. The van der Waals surface area contributed by atoms with Crippen LogP contribution in [-0.4, -0.2) is 69.8 Å². The van der Waals surface area contributed by atoms with E-state index in [1.165, 1.54) is 37.1 Å². The molecule has 1 heterocycles. The number of nitrogens with one attached hydrogen (secondary N) is 1. The van der Waals surface area contributed by atoms with Crippen molar-refractivity contribution in [3.05, 3.63) is 35.4 Å². The number of halogens is 1. The number of methoxy groups -OCH3 is 1. The molecule has 1 aromatic rings. The van der Waals surface area contributed by atoms with Crippen LogP contribution in [0, 0.1) is 5.92 Å². The van der Waals surface area contributed by atoms with Gasteiger partial charge >= 0.3 is 0 Å². The molecule has 1 N–H and O–H groups in total. The Balaban J connectivity index is 0.00000364. The SMILES string of the molecule is CCc1ccc(CN(C)C(=NC)NCC2CCN(CCOC)CC2)cc1.I. The van der Waals surface area contributed by atoms with Crippen LogP contribution in [0.2, 0.25) is 0 Å². The number of hydrogen-bond donors (Lipinski definition) is 1. The fourth-order valence-corrected chi connectivity index (χ4v) is 3.48. The highest BCUT2D eigenvalue weighted by Crippen LogP contribution is 2.16. The highest BCUT2D eigenvalue weighted by atomic mass is 127. The first kappa shape index (κ1) is 24.2. The van der Waals surface area contributed by atoms with Crippen molar-refractivity contribution in [2.45, 2.75) is 32.7 Å². The Morgan fingerprint density at radius 3 is 2.41 bits per heavy atom. The van der Waals surface area contributed by atoms with Crippen molar-refractivity contribution in [2.24, 2.45) is 10.9 Å². The topological polar surface area (TPSA) is 40.1 Å². The van der Waals surface area contributed by atoms with E-state index in [-0.39, 0.29) is 24.0 Å². The van der Waals surface area contributed by atoms with Crippen LogP contribution >= 0.6 is 24.0 Å². The minimum Gasteiger partial charge on any atom is -0.383 e. The zero-order valence-electron chi connectivity index (χ0n) is 17.4. The van der Waals surface area contributed by atoms with Crippen LogP contribution in [-0.2, 0) is 17.7 Å². The maximum absolute atomic E-state index is 5.18. The van der Waals surface area contributed by atoms with Gasteiger partial charge in [-0.2, -0.15) is 0 Å². The van der Waals surface area contributed by atoms with Gasteiger partial charge in [-0.1, -0.05) is 31.2 Å². The summed E-state index contributed by atoms with van der Waals surface area (Å²) in [5, 5.41) is 3.57. The van der Waals surface area contributed by atoms with Crippen LogP contribution in [0.4, 0.5) is 0 Å². The molecule has 0 amide bonds. The Morgan fingerprint density at radius 1 is 1.22 bits per heavy atom. The fourth-order valence-electron chi connectivity index (χ4n) is 3.48. The molecule has 5 nitrogen and oxygen atoms in total. The monoisotopic (exact) mass is 488 g/mol. The zero-order chi connectivity index (χ0) is 18.8. The summed E-state index contributed by atoms with van der Waals surface area (Å²) < 4.78 is 5.18. The van der Waals surface area contributed by atoms with Gasteiger partial charge in [-0.3, -0.25) is 4.99 Å². The van der Waals surface area contributed by atoms with Crippen LogP contribution in [0.3, 0.4) is 0 Å². The second-order valence-corrected chi connectivity index (χ2v) is 7.23. The Morgan fingerprint density at radius 2 is 1.85 bits per heavy atom. The van der Waals surface area contributed by atoms with Gasteiger partial charge in [-0.25, -0.2) is 0 Å². The maximum Gasteiger partial charge on any atom is 0.193 e. The summed E-state index contributed by atoms with van der Waals surface area (Å²) in [5.74, 6) is 1.70. The lowest BCUT2D eigenvalue weighted by atomic mass is 9.97. The van der Waals surface area contributed by atoms with E-state index in [0.29, 0.717) is 0 Å². The third-order valence-corrected chi connectivity index (χ3v) is 5.29. The lowest BCUT2D eigenvalue weighted by Gasteiger charge is -2.32. The molecular weight excluding hydrogens is 451 g/mol. The number of ether oxygens (including phenoxy) is 1. The molecule has 1 aliphatic rings. The number of aliphatic imine (C=N–C) groups is 1. The van der Waals surface area contributed by atoms with Gasteiger partial charge in [-0.15, -0.1) is 24.0 Å². The molecule has 154 valence electrons. The van der Waals surface area contributed by atoms with Gasteiger partial charge in [0.2, 0.25) is 0 Å². The Kier molecular flexibility index (Phi) is 11.9. The van der Waals surface area contributed by atoms with Crippen LogP contribution in [0.25, 0.3) is 0 Å². The van der Waals surface area contributed by atoms with E-state index in [2.05, 4.69) is 58.3 Å². The van der Waals surface area contributed by atoms with Gasteiger partial charge in [0.15, 0.2) is 5.96 Å². The van der Waals surface area contributed by atoms with Crippen molar-refractivity contribution in [1.29, 1.82) is 0 Å². The van der Waals surface area contributed by atoms with Gasteiger partial charge in [0.1, 0.15) is 0 Å². The van der Waals surface area contributed by atoms with Gasteiger partial charge in [0, 0.05) is 40.8 Å². The van der Waals surface area contributed by atoms with Crippen molar-refractivity contribution < 1.29 is 4.74 Å². The van der Waals surface area contributed by atoms with Crippen LogP contribution in [0.1, 0.15) is 30.9 Å². The van der Waals surface area contributed by atoms with Crippen molar-refractivity contribution >= 4 is 29.9 Å². The van der Waals surface area contributed by atoms with Crippen LogP contribution in [0.15, 0.2) is 29.3 Å². The molecule has 0 saturated carbocycles. The largest absolute Gasteiger partial charge is 0.383 e. The van der Waals surface area contributed by atoms with E-state index in [1.807, 2.05) is 7.05 Å². The molecule has 0 spiro atoms. The van der Waals surface area contributed by atoms with E-state index in [4.69, 9.17) is 4.74 Å². The minimum atomic E-state index is 0. The predicted octanol–water partition coefficient (Wildman–Crippen LogP) is 3.23. The normalized spacial score (nSPS) is 16.1. The van der Waals surface area contributed by atoms with E-state index < -0.39 is 0 Å². The summed E-state index contributed by atoms with van der Waals surface area (Å²) in [4.78, 5) is 9.17. The molecule has 0 aromatic heterocycles. The highest BCUT2D eigenvalue weighted by molar-refractivity contribution is 14.0. The molecule has 0 atom stereocenters. The third-order valence-electron chi connectivity index (χ3n) is 5.29. The molecule has 27 heavy (non-hydrogen) atoms. The highest BCUT2D eigenvalue weighted by Gasteiger charge is 2.19. The molecule has 0 aliphatic carbocycles. The number of rotatable bonds is 8. The maximum atomic E-state index is 5.18. The van der Waals surface area contributed by atoms with Crippen molar-refractivity contribution in [1.82, 2.24) is 15.1 Å². The number of aryl methyl sites for hydroxylation is 1. The quantitative estimate of drug-likeness (QED) is 0.347. The lowest BCUT2D eigenvalue weighted by molar-refractivity contribution is 0.120. The first-order valence-electron chi connectivity index (χ1n) is 9.87. The molecule has 1 saturated heterocycles. The summed E-state index contributed by atoms with van der Waals surface area (Å²) in [6.45, 7) is 8.30. The average molecular weight is 488 g/mol. The Hall–Kier alpha value is -0.860.